The number of hydrogen-bond donors (Lipinski definition) is 0. The average Bonchev–Trinajstić information content (AvgIpc) is 2.31. The van der Waals surface area contributed by atoms with Crippen LogP contribution >= 0.6 is 0 Å². The third-order valence-corrected chi connectivity index (χ3v) is 7.86. The van der Waals surface area contributed by atoms with Crippen molar-refractivity contribution in [2.24, 2.45) is 0 Å². The van der Waals surface area contributed by atoms with Crippen LogP contribution in [0.4, 0.5) is 0 Å². The summed E-state index contributed by atoms with van der Waals surface area (Å²) in [6, 6.07) is 3.27. The molecule has 0 rings (SSSR count). The fourth-order valence-corrected chi connectivity index (χ4v) is 4.69. The molecule has 0 aromatic rings. The first-order valence-electron chi connectivity index (χ1n) is 5.91. The van der Waals surface area contributed by atoms with E-state index in [-0.39, 0.29) is 12.1 Å². The Morgan fingerprint density at radius 1 is 1.44 bits per heavy atom. The predicted octanol–water partition coefficient (Wildman–Crippen LogP) is 3.13. The van der Waals surface area contributed by atoms with Crippen molar-refractivity contribution >= 4 is 14.3 Å². The van der Waals surface area contributed by atoms with Crippen LogP contribution in [0, 0.1) is 0 Å². The summed E-state index contributed by atoms with van der Waals surface area (Å²) in [6.07, 6.45) is 2.03. The van der Waals surface area contributed by atoms with Gasteiger partial charge in [-0.05, 0) is 31.5 Å². The van der Waals surface area contributed by atoms with Crippen molar-refractivity contribution in [1.29, 1.82) is 0 Å². The van der Waals surface area contributed by atoms with Gasteiger partial charge >= 0.3 is 5.97 Å². The molecule has 0 aromatic heterocycles. The predicted molar refractivity (Wildman–Crippen MR) is 68.9 cm³/mol. The Morgan fingerprint density at radius 3 is 2.38 bits per heavy atom. The summed E-state index contributed by atoms with van der Waals surface area (Å²) in [6.45, 7) is 9.66. The lowest BCUT2D eigenvalue weighted by atomic mass is 10.3. The quantitative estimate of drug-likeness (QED) is 0.374. The van der Waals surface area contributed by atoms with Gasteiger partial charge in [-0.3, -0.25) is 0 Å². The van der Waals surface area contributed by atoms with Gasteiger partial charge < -0.3 is 9.16 Å². The fourth-order valence-electron chi connectivity index (χ4n) is 1.77. The van der Waals surface area contributed by atoms with Gasteiger partial charge in [-0.1, -0.05) is 20.4 Å². The van der Waals surface area contributed by atoms with Crippen molar-refractivity contribution in [3.05, 3.63) is 12.7 Å². The van der Waals surface area contributed by atoms with Crippen LogP contribution in [0.15, 0.2) is 12.7 Å². The minimum absolute atomic E-state index is 0.0503. The van der Waals surface area contributed by atoms with Crippen LogP contribution in [-0.2, 0) is 14.0 Å². The fraction of sp³-hybridized carbons (Fsp3) is 0.750. The van der Waals surface area contributed by atoms with Crippen LogP contribution in [0.25, 0.3) is 0 Å². The molecule has 0 fully saturated rings. The molecule has 0 N–H and O–H groups in total. The van der Waals surface area contributed by atoms with Crippen molar-refractivity contribution < 1.29 is 14.0 Å². The van der Waals surface area contributed by atoms with Gasteiger partial charge in [0.25, 0.3) is 0 Å². The van der Waals surface area contributed by atoms with Crippen LogP contribution in [0.3, 0.4) is 0 Å². The first kappa shape index (κ1) is 15.4. The summed E-state index contributed by atoms with van der Waals surface area (Å²) in [5, 5.41) is 0. The summed E-state index contributed by atoms with van der Waals surface area (Å²) >= 11 is 0. The van der Waals surface area contributed by atoms with Crippen LogP contribution in [0.1, 0.15) is 27.2 Å². The zero-order valence-corrected chi connectivity index (χ0v) is 11.9. The standard InChI is InChI=1S/C12H24O3Si/c1-6-12(13)15-11(4)9-10-16(7-2,8-3)14-5/h6,11H,1,7-10H2,2-5H3. The summed E-state index contributed by atoms with van der Waals surface area (Å²) in [7, 11) is 0.247. The zero-order chi connectivity index (χ0) is 12.6. The molecule has 0 spiro atoms. The molecule has 0 aromatic carbocycles. The van der Waals surface area contributed by atoms with Crippen molar-refractivity contribution in [1.82, 2.24) is 0 Å². The summed E-state index contributed by atoms with van der Waals surface area (Å²) in [5.41, 5.74) is 0. The van der Waals surface area contributed by atoms with Gasteiger partial charge in [0, 0.05) is 13.2 Å². The maximum atomic E-state index is 11.0. The third-order valence-electron chi connectivity index (χ3n) is 3.21. The first-order chi connectivity index (χ1) is 7.53. The van der Waals surface area contributed by atoms with Gasteiger partial charge in [-0.2, -0.15) is 0 Å². The molecular weight excluding hydrogens is 220 g/mol. The van der Waals surface area contributed by atoms with Gasteiger partial charge in [0.15, 0.2) is 8.32 Å². The van der Waals surface area contributed by atoms with Crippen LogP contribution in [0.2, 0.25) is 18.1 Å². The highest BCUT2D eigenvalue weighted by molar-refractivity contribution is 6.73. The van der Waals surface area contributed by atoms with Gasteiger partial charge in [-0.25, -0.2) is 4.79 Å². The molecule has 0 aliphatic rings. The van der Waals surface area contributed by atoms with Crippen molar-refractivity contribution in [3.8, 4) is 0 Å². The molecule has 0 saturated carbocycles. The molecule has 0 aliphatic carbocycles. The van der Waals surface area contributed by atoms with Crippen molar-refractivity contribution in [2.75, 3.05) is 7.11 Å². The Hall–Kier alpha value is -0.613. The molecule has 3 nitrogen and oxygen atoms in total. The molecule has 0 amide bonds. The van der Waals surface area contributed by atoms with E-state index >= 15 is 0 Å². The van der Waals surface area contributed by atoms with Gasteiger partial charge in [0.2, 0.25) is 0 Å². The molecule has 0 radical (unpaired) electrons. The smallest absolute Gasteiger partial charge is 0.330 e. The number of carbonyl (C=O) groups excluding carboxylic acids is 1. The summed E-state index contributed by atoms with van der Waals surface area (Å²) < 4.78 is 10.8. The van der Waals surface area contributed by atoms with Crippen LogP contribution in [0.5, 0.6) is 0 Å². The number of rotatable bonds is 8. The lowest BCUT2D eigenvalue weighted by Crippen LogP contribution is -2.36. The number of ether oxygens (including phenoxy) is 1. The molecule has 0 bridgehead atoms. The second-order valence-corrected chi connectivity index (χ2v) is 8.77. The van der Waals surface area contributed by atoms with E-state index < -0.39 is 8.32 Å². The second-order valence-electron chi connectivity index (χ2n) is 4.08. The lowest BCUT2D eigenvalue weighted by Gasteiger charge is -2.28. The Labute approximate surface area is 100.0 Å². The molecular formula is C12H24O3Si. The molecule has 4 heteroatoms. The number of hydrogen-bond acceptors (Lipinski definition) is 3. The molecule has 0 saturated heterocycles. The largest absolute Gasteiger partial charge is 0.460 e. The zero-order valence-electron chi connectivity index (χ0n) is 10.9. The number of carbonyl (C=O) groups is 1. The maximum Gasteiger partial charge on any atom is 0.330 e. The highest BCUT2D eigenvalue weighted by Crippen LogP contribution is 2.24. The minimum atomic E-state index is -1.56. The minimum Gasteiger partial charge on any atom is -0.460 e. The Kier molecular flexibility index (Phi) is 7.33. The summed E-state index contributed by atoms with van der Waals surface area (Å²) in [5.74, 6) is -0.342. The van der Waals surface area contributed by atoms with Crippen molar-refractivity contribution in [3.63, 3.8) is 0 Å². The second kappa shape index (κ2) is 7.63. The molecule has 16 heavy (non-hydrogen) atoms. The third kappa shape index (κ3) is 4.94. The van der Waals surface area contributed by atoms with E-state index in [9.17, 15) is 4.79 Å². The Morgan fingerprint density at radius 2 is 2.00 bits per heavy atom. The van der Waals surface area contributed by atoms with E-state index in [0.29, 0.717) is 0 Å². The van der Waals surface area contributed by atoms with E-state index in [0.717, 1.165) is 24.6 Å². The summed E-state index contributed by atoms with van der Waals surface area (Å²) in [4.78, 5) is 11.0. The maximum absolute atomic E-state index is 11.0. The monoisotopic (exact) mass is 244 g/mol. The van der Waals surface area contributed by atoms with E-state index in [1.54, 1.807) is 7.11 Å². The molecule has 0 aliphatic heterocycles. The van der Waals surface area contributed by atoms with Crippen LogP contribution < -0.4 is 0 Å². The molecule has 1 atom stereocenters. The SMILES string of the molecule is C=CC(=O)OC(C)CC[Si](CC)(CC)OC. The van der Waals surface area contributed by atoms with Gasteiger partial charge in [0.05, 0.1) is 6.10 Å². The highest BCUT2D eigenvalue weighted by Gasteiger charge is 2.30. The van der Waals surface area contributed by atoms with Gasteiger partial charge in [-0.15, -0.1) is 0 Å². The van der Waals surface area contributed by atoms with E-state index in [2.05, 4.69) is 20.4 Å². The number of esters is 1. The average molecular weight is 244 g/mol. The van der Waals surface area contributed by atoms with E-state index in [1.807, 2.05) is 6.92 Å². The Bertz CT molecular complexity index is 216. The topological polar surface area (TPSA) is 35.5 Å². The molecule has 1 unspecified atom stereocenters. The highest BCUT2D eigenvalue weighted by atomic mass is 28.4. The molecule has 94 valence electrons. The Balaban J connectivity index is 4.10. The van der Waals surface area contributed by atoms with E-state index in [4.69, 9.17) is 9.16 Å². The van der Waals surface area contributed by atoms with Crippen molar-refractivity contribution in [2.45, 2.75) is 51.4 Å². The van der Waals surface area contributed by atoms with E-state index in [1.165, 1.54) is 6.08 Å². The lowest BCUT2D eigenvalue weighted by molar-refractivity contribution is -0.142. The first-order valence-corrected chi connectivity index (χ1v) is 8.44. The van der Waals surface area contributed by atoms with Gasteiger partial charge in [0.1, 0.15) is 0 Å². The van der Waals surface area contributed by atoms with Crippen LogP contribution in [-0.4, -0.2) is 27.5 Å². The normalized spacial score (nSPS) is 13.2. The molecule has 0 heterocycles.